The molecule has 1 spiro atoms. The molecular weight excluding hydrogens is 476 g/mol. The minimum Gasteiger partial charge on any atom is -0.352 e. The van der Waals surface area contributed by atoms with Crippen LogP contribution in [0.4, 0.5) is 5.69 Å². The standard InChI is InChI=1S/C31H42N4O3/c1-4-6-8-11-25-14-16-26(17-15-25)29(37)33-20-18-31(19-21-33)30(38)34(22-28(36)32-24(3)5-2)23-35(31)27-12-9-7-10-13-27/h7,9-10,12-17,24H,4-6,8,11,18-23H2,1-3H3,(H,32,36). The third-order valence-corrected chi connectivity index (χ3v) is 8.08. The highest BCUT2D eigenvalue weighted by Crippen LogP contribution is 2.39. The van der Waals surface area contributed by atoms with Gasteiger partial charge >= 0.3 is 0 Å². The van der Waals surface area contributed by atoms with E-state index >= 15 is 0 Å². The smallest absolute Gasteiger partial charge is 0.253 e. The molecule has 7 nitrogen and oxygen atoms in total. The molecule has 1 N–H and O–H groups in total. The fraction of sp³-hybridized carbons (Fsp3) is 0.516. The second kappa shape index (κ2) is 12.5. The first-order valence-electron chi connectivity index (χ1n) is 14.2. The molecule has 2 saturated heterocycles. The minimum absolute atomic E-state index is 0.0152. The Labute approximate surface area is 227 Å². The van der Waals surface area contributed by atoms with Crippen molar-refractivity contribution in [2.45, 2.75) is 77.3 Å². The van der Waals surface area contributed by atoms with Gasteiger partial charge in [-0.2, -0.15) is 0 Å². The lowest BCUT2D eigenvalue weighted by Crippen LogP contribution is -2.57. The van der Waals surface area contributed by atoms with Crippen LogP contribution in [0.3, 0.4) is 0 Å². The fourth-order valence-electron chi connectivity index (χ4n) is 5.57. The first kappa shape index (κ1) is 27.7. The van der Waals surface area contributed by atoms with Crippen LogP contribution in [0, 0.1) is 0 Å². The summed E-state index contributed by atoms with van der Waals surface area (Å²) in [5, 5.41) is 2.98. The number of carbonyl (C=O) groups is 3. The number of amides is 3. The van der Waals surface area contributed by atoms with Gasteiger partial charge in [0.05, 0.1) is 6.67 Å². The molecule has 0 radical (unpaired) electrons. The maximum atomic E-state index is 13.8. The fourth-order valence-corrected chi connectivity index (χ4v) is 5.57. The molecule has 2 aromatic carbocycles. The predicted molar refractivity (Wildman–Crippen MR) is 151 cm³/mol. The summed E-state index contributed by atoms with van der Waals surface area (Å²) in [4.78, 5) is 45.5. The van der Waals surface area contributed by atoms with Gasteiger partial charge in [0, 0.05) is 30.4 Å². The molecule has 2 aliphatic heterocycles. The zero-order valence-electron chi connectivity index (χ0n) is 23.1. The SMILES string of the molecule is CCCCCc1ccc(C(=O)N2CCC3(CC2)C(=O)N(CC(=O)NC(C)CC)CN3c2ccccc2)cc1. The second-order valence-corrected chi connectivity index (χ2v) is 10.8. The molecule has 2 aromatic rings. The molecule has 0 bridgehead atoms. The molecule has 204 valence electrons. The summed E-state index contributed by atoms with van der Waals surface area (Å²) in [6.07, 6.45) is 6.52. The number of para-hydroxylation sites is 1. The predicted octanol–water partition coefficient (Wildman–Crippen LogP) is 4.62. The van der Waals surface area contributed by atoms with E-state index in [1.165, 1.54) is 24.8 Å². The van der Waals surface area contributed by atoms with E-state index in [9.17, 15) is 14.4 Å². The average molecular weight is 519 g/mol. The summed E-state index contributed by atoms with van der Waals surface area (Å²) >= 11 is 0. The van der Waals surface area contributed by atoms with E-state index in [1.807, 2.05) is 61.2 Å². The van der Waals surface area contributed by atoms with Gasteiger partial charge in [-0.15, -0.1) is 0 Å². The van der Waals surface area contributed by atoms with Crippen LogP contribution in [0.2, 0.25) is 0 Å². The topological polar surface area (TPSA) is 73.0 Å². The lowest BCUT2D eigenvalue weighted by molar-refractivity contribution is -0.137. The number of likely N-dealkylation sites (tertiary alicyclic amines) is 1. The van der Waals surface area contributed by atoms with Gasteiger partial charge in [-0.1, -0.05) is 57.0 Å². The summed E-state index contributed by atoms with van der Waals surface area (Å²) < 4.78 is 0. The van der Waals surface area contributed by atoms with Crippen molar-refractivity contribution in [1.29, 1.82) is 0 Å². The number of anilines is 1. The zero-order chi connectivity index (χ0) is 27.1. The number of nitrogens with zero attached hydrogens (tertiary/aromatic N) is 3. The molecule has 3 amide bonds. The summed E-state index contributed by atoms with van der Waals surface area (Å²) in [5.74, 6) is -0.144. The van der Waals surface area contributed by atoms with E-state index in [2.05, 4.69) is 29.3 Å². The van der Waals surface area contributed by atoms with Crippen molar-refractivity contribution in [1.82, 2.24) is 15.1 Å². The number of rotatable bonds is 10. The quantitative estimate of drug-likeness (QED) is 0.466. The molecule has 2 heterocycles. The zero-order valence-corrected chi connectivity index (χ0v) is 23.1. The van der Waals surface area contributed by atoms with Crippen LogP contribution in [0.15, 0.2) is 54.6 Å². The van der Waals surface area contributed by atoms with E-state index in [0.29, 0.717) is 38.2 Å². The summed E-state index contributed by atoms with van der Waals surface area (Å²) in [6.45, 7) is 7.60. The molecule has 2 fully saturated rings. The maximum absolute atomic E-state index is 13.8. The minimum atomic E-state index is -0.752. The van der Waals surface area contributed by atoms with Crippen LogP contribution in [-0.2, 0) is 16.0 Å². The lowest BCUT2D eigenvalue weighted by Gasteiger charge is -2.43. The van der Waals surface area contributed by atoms with Gasteiger partial charge in [-0.25, -0.2) is 0 Å². The number of hydrogen-bond acceptors (Lipinski definition) is 4. The Balaban J connectivity index is 1.46. The van der Waals surface area contributed by atoms with E-state index in [-0.39, 0.29) is 30.3 Å². The van der Waals surface area contributed by atoms with Gasteiger partial charge in [-0.05, 0) is 68.9 Å². The van der Waals surface area contributed by atoms with Crippen molar-refractivity contribution in [3.05, 3.63) is 65.7 Å². The molecule has 2 aliphatic rings. The summed E-state index contributed by atoms with van der Waals surface area (Å²) in [7, 11) is 0. The highest BCUT2D eigenvalue weighted by molar-refractivity contribution is 5.97. The van der Waals surface area contributed by atoms with Crippen molar-refractivity contribution in [3.63, 3.8) is 0 Å². The Bertz CT molecular complexity index is 1090. The van der Waals surface area contributed by atoms with Crippen LogP contribution in [0.5, 0.6) is 0 Å². The van der Waals surface area contributed by atoms with Crippen molar-refractivity contribution in [2.24, 2.45) is 0 Å². The third-order valence-electron chi connectivity index (χ3n) is 8.08. The van der Waals surface area contributed by atoms with Crippen molar-refractivity contribution in [3.8, 4) is 0 Å². The molecular formula is C31H42N4O3. The summed E-state index contributed by atoms with van der Waals surface area (Å²) in [5.41, 5.74) is 2.17. The van der Waals surface area contributed by atoms with Crippen LogP contribution in [0.1, 0.15) is 75.2 Å². The normalized spacial score (nSPS) is 17.7. The van der Waals surface area contributed by atoms with Crippen molar-refractivity contribution in [2.75, 3.05) is 31.2 Å². The van der Waals surface area contributed by atoms with Crippen LogP contribution < -0.4 is 10.2 Å². The van der Waals surface area contributed by atoms with Crippen LogP contribution in [-0.4, -0.2) is 65.4 Å². The highest BCUT2D eigenvalue weighted by Gasteiger charge is 2.54. The van der Waals surface area contributed by atoms with Crippen molar-refractivity contribution < 1.29 is 14.4 Å². The Hall–Kier alpha value is -3.35. The number of piperidine rings is 1. The van der Waals surface area contributed by atoms with Gasteiger partial charge in [0.25, 0.3) is 11.8 Å². The largest absolute Gasteiger partial charge is 0.352 e. The lowest BCUT2D eigenvalue weighted by atomic mass is 9.85. The first-order chi connectivity index (χ1) is 18.4. The number of benzene rings is 2. The van der Waals surface area contributed by atoms with Crippen molar-refractivity contribution >= 4 is 23.4 Å². The molecule has 0 aromatic heterocycles. The molecule has 7 heteroatoms. The molecule has 38 heavy (non-hydrogen) atoms. The molecule has 4 rings (SSSR count). The van der Waals surface area contributed by atoms with E-state index in [1.54, 1.807) is 4.90 Å². The van der Waals surface area contributed by atoms with Gasteiger partial charge in [0.1, 0.15) is 12.1 Å². The molecule has 0 aliphatic carbocycles. The number of hydrogen-bond donors (Lipinski definition) is 1. The Morgan fingerprint density at radius 3 is 2.29 bits per heavy atom. The van der Waals surface area contributed by atoms with E-state index in [0.717, 1.165) is 18.5 Å². The highest BCUT2D eigenvalue weighted by atomic mass is 16.2. The molecule has 1 unspecified atom stereocenters. The average Bonchev–Trinajstić information content (AvgIpc) is 3.20. The maximum Gasteiger partial charge on any atom is 0.253 e. The third kappa shape index (κ3) is 6.03. The number of aryl methyl sites for hydroxylation is 1. The Morgan fingerprint density at radius 2 is 1.66 bits per heavy atom. The van der Waals surface area contributed by atoms with Gasteiger partial charge in [0.15, 0.2) is 0 Å². The van der Waals surface area contributed by atoms with Gasteiger partial charge in [0.2, 0.25) is 5.91 Å². The van der Waals surface area contributed by atoms with Gasteiger partial charge < -0.3 is 20.0 Å². The molecule has 1 atom stereocenters. The first-order valence-corrected chi connectivity index (χ1v) is 14.2. The van der Waals surface area contributed by atoms with E-state index in [4.69, 9.17) is 0 Å². The van der Waals surface area contributed by atoms with Crippen LogP contribution >= 0.6 is 0 Å². The Morgan fingerprint density at radius 1 is 0.974 bits per heavy atom. The van der Waals surface area contributed by atoms with Crippen LogP contribution in [0.25, 0.3) is 0 Å². The summed E-state index contributed by atoms with van der Waals surface area (Å²) in [6, 6.07) is 18.0. The number of carbonyl (C=O) groups excluding carboxylic acids is 3. The Kier molecular flexibility index (Phi) is 9.08. The molecule has 0 saturated carbocycles. The van der Waals surface area contributed by atoms with E-state index < -0.39 is 5.54 Å². The number of unbranched alkanes of at least 4 members (excludes halogenated alkanes) is 2. The monoisotopic (exact) mass is 518 g/mol. The van der Waals surface area contributed by atoms with Gasteiger partial charge in [-0.3, -0.25) is 14.4 Å². The second-order valence-electron chi connectivity index (χ2n) is 10.8. The number of nitrogens with one attached hydrogen (secondary N) is 1.